The largest absolute Gasteiger partial charge is 0.475 e. The summed E-state index contributed by atoms with van der Waals surface area (Å²) in [4.78, 5) is 75.7. The van der Waals surface area contributed by atoms with E-state index in [-0.39, 0.29) is 68.7 Å². The lowest BCUT2D eigenvalue weighted by molar-refractivity contribution is -0.148. The van der Waals surface area contributed by atoms with Gasteiger partial charge in [0, 0.05) is 59.8 Å². The minimum Gasteiger partial charge on any atom is -0.475 e. The van der Waals surface area contributed by atoms with Crippen molar-refractivity contribution in [2.45, 2.75) is 75.9 Å². The molecule has 5 aliphatic rings. The fraction of sp³-hybridized carbons (Fsp3) is 0.333. The van der Waals surface area contributed by atoms with E-state index in [0.29, 0.717) is 30.1 Å². The van der Waals surface area contributed by atoms with E-state index in [4.69, 9.17) is 5.11 Å². The molecular weight excluding hydrogens is 842 g/mol. The molecule has 63 heavy (non-hydrogen) atoms. The zero-order valence-corrected chi connectivity index (χ0v) is 33.0. The van der Waals surface area contributed by atoms with Crippen molar-refractivity contribution in [3.05, 3.63) is 117 Å². The molecule has 3 saturated carbocycles. The number of carboxylic acids is 1. The van der Waals surface area contributed by atoms with E-state index >= 15 is 0 Å². The van der Waals surface area contributed by atoms with Crippen LogP contribution in [0.4, 0.5) is 37.7 Å². The third-order valence-corrected chi connectivity index (χ3v) is 12.5. The van der Waals surface area contributed by atoms with E-state index in [1.807, 2.05) is 0 Å². The molecule has 2 aliphatic heterocycles. The van der Waals surface area contributed by atoms with Crippen molar-refractivity contribution in [1.29, 1.82) is 0 Å². The number of halogens is 6. The zero-order valence-electron chi connectivity index (χ0n) is 33.0. The van der Waals surface area contributed by atoms with E-state index in [0.717, 1.165) is 37.1 Å². The quantitative estimate of drug-likeness (QED) is 0.0642. The van der Waals surface area contributed by atoms with Gasteiger partial charge in [-0.1, -0.05) is 0 Å². The molecule has 4 atom stereocenters. The number of nitrogens with zero attached hydrogens (tertiary/aromatic N) is 4. The van der Waals surface area contributed by atoms with Gasteiger partial charge in [0.15, 0.2) is 23.3 Å². The van der Waals surface area contributed by atoms with Crippen molar-refractivity contribution in [2.75, 3.05) is 10.6 Å². The first-order valence-corrected chi connectivity index (χ1v) is 19.7. The minimum absolute atomic E-state index is 0.00863. The number of fused-ring (bicyclic) bond motifs is 6. The van der Waals surface area contributed by atoms with E-state index in [2.05, 4.69) is 31.4 Å². The predicted molar refractivity (Wildman–Crippen MR) is 205 cm³/mol. The van der Waals surface area contributed by atoms with Crippen LogP contribution in [0.3, 0.4) is 0 Å². The van der Waals surface area contributed by atoms with Gasteiger partial charge in [0.2, 0.25) is 0 Å². The highest BCUT2D eigenvalue weighted by Gasteiger charge is 2.60. The Morgan fingerprint density at radius 1 is 0.730 bits per heavy atom. The minimum atomic E-state index is -3.03. The van der Waals surface area contributed by atoms with Crippen LogP contribution < -0.4 is 16.0 Å². The highest BCUT2D eigenvalue weighted by molar-refractivity contribution is 6.43. The number of rotatable bonds is 10. The van der Waals surface area contributed by atoms with Gasteiger partial charge in [-0.25, -0.2) is 31.1 Å². The molecule has 326 valence electrons. The van der Waals surface area contributed by atoms with Gasteiger partial charge in [-0.2, -0.15) is 15.4 Å². The van der Waals surface area contributed by atoms with Crippen molar-refractivity contribution in [2.24, 2.45) is 11.8 Å². The van der Waals surface area contributed by atoms with Crippen LogP contribution in [-0.2, 0) is 28.0 Å². The van der Waals surface area contributed by atoms with Crippen LogP contribution >= 0.6 is 0 Å². The first-order chi connectivity index (χ1) is 29.8. The Morgan fingerprint density at radius 2 is 1.21 bits per heavy atom. The maximum atomic E-state index is 13.8. The van der Waals surface area contributed by atoms with Crippen molar-refractivity contribution in [1.82, 2.24) is 29.9 Å². The lowest BCUT2D eigenvalue weighted by atomic mass is 9.71. The predicted octanol–water partition coefficient (Wildman–Crippen LogP) is 5.90. The van der Waals surface area contributed by atoms with Gasteiger partial charge in [-0.05, 0) is 86.8 Å². The van der Waals surface area contributed by atoms with Crippen molar-refractivity contribution in [3.8, 4) is 0 Å². The van der Waals surface area contributed by atoms with Crippen molar-refractivity contribution >= 4 is 46.6 Å². The number of amides is 3. The normalized spacial score (nSPS) is 21.0. The fourth-order valence-electron chi connectivity index (χ4n) is 9.48. The Hall–Kier alpha value is -7.06. The Kier molecular flexibility index (Phi) is 9.52. The molecule has 21 heteroatoms. The number of aromatic nitrogens is 5. The van der Waals surface area contributed by atoms with Crippen LogP contribution in [-0.4, -0.2) is 70.8 Å². The number of aromatic amines is 1. The summed E-state index contributed by atoms with van der Waals surface area (Å²) in [6.45, 7) is 3.05. The van der Waals surface area contributed by atoms with Crippen molar-refractivity contribution < 1.29 is 60.2 Å². The molecule has 0 bridgehead atoms. The molecule has 2 aromatic carbocycles. The van der Waals surface area contributed by atoms with Gasteiger partial charge >= 0.3 is 5.97 Å². The molecule has 0 saturated heterocycles. The summed E-state index contributed by atoms with van der Waals surface area (Å²) in [6, 6.07) is 5.91. The van der Waals surface area contributed by atoms with Crippen LogP contribution in [0, 0.1) is 49.0 Å². The fourth-order valence-corrected chi connectivity index (χ4v) is 9.48. The number of carbonyl (C=O) groups excluding carboxylic acids is 5. The topological polar surface area (TPSA) is 210 Å². The highest BCUT2D eigenvalue weighted by atomic mass is 19.3. The maximum absolute atomic E-state index is 13.8. The third kappa shape index (κ3) is 6.94. The van der Waals surface area contributed by atoms with Crippen LogP contribution in [0.5, 0.6) is 0 Å². The molecule has 3 amide bonds. The lowest BCUT2D eigenvalue weighted by Gasteiger charge is -2.46. The number of nitrogens with one attached hydrogen (secondary N) is 4. The van der Waals surface area contributed by atoms with Crippen LogP contribution in [0.2, 0.25) is 0 Å². The Morgan fingerprint density at radius 3 is 1.62 bits per heavy atom. The second kappa shape index (κ2) is 14.5. The first kappa shape index (κ1) is 41.3. The Labute approximate surface area is 351 Å². The highest BCUT2D eigenvalue weighted by Crippen LogP contribution is 2.56. The van der Waals surface area contributed by atoms with E-state index in [9.17, 15) is 55.1 Å². The molecule has 5 heterocycles. The second-order valence-electron chi connectivity index (χ2n) is 16.6. The Bertz CT molecular complexity index is 2850. The number of benzene rings is 2. The van der Waals surface area contributed by atoms with Gasteiger partial charge in [-0.15, -0.1) is 0 Å². The number of carbonyl (C=O) groups is 6. The SMILES string of the molecule is Cc1c(C(=O)Nc2ccc(F)c(F)c2)c2n(c1C(=O)C(=O)NC1(c3cn[nH]n3)CC(F)(F)C1)[C@@H]1C[C@@H]1C2.Cc1c(C(=O)Nc2ccc(F)c(F)c2)c2n(c1C(=O)C(=O)O)[C@@H]1C[C@@H]1C2. The van der Waals surface area contributed by atoms with Crippen LogP contribution in [0.1, 0.15) is 108 Å². The molecule has 15 nitrogen and oxygen atoms in total. The number of carboxylic acid groups (broad SMARTS) is 1. The number of ketones is 2. The summed E-state index contributed by atoms with van der Waals surface area (Å²) in [5.74, 6) is -12.7. The molecule has 3 aromatic heterocycles. The number of hydrogen-bond donors (Lipinski definition) is 5. The summed E-state index contributed by atoms with van der Waals surface area (Å²) >= 11 is 0. The molecule has 0 unspecified atom stereocenters. The molecule has 3 fully saturated rings. The molecule has 5 N–H and O–H groups in total. The van der Waals surface area contributed by atoms with Gasteiger partial charge < -0.3 is 30.2 Å². The van der Waals surface area contributed by atoms with Gasteiger partial charge in [0.05, 0.1) is 28.6 Å². The van der Waals surface area contributed by atoms with Crippen LogP contribution in [0.15, 0.2) is 42.6 Å². The monoisotopic (exact) mass is 876 g/mol. The number of anilines is 2. The first-order valence-electron chi connectivity index (χ1n) is 19.7. The zero-order chi connectivity index (χ0) is 45.0. The molecular formula is C42H34F6N8O7. The summed E-state index contributed by atoms with van der Waals surface area (Å²) in [7, 11) is 0. The molecule has 5 aromatic rings. The second-order valence-corrected chi connectivity index (χ2v) is 16.6. The molecule has 0 radical (unpaired) electrons. The van der Waals surface area contributed by atoms with E-state index in [1.54, 1.807) is 9.13 Å². The summed E-state index contributed by atoms with van der Waals surface area (Å²) in [5, 5.41) is 26.3. The maximum Gasteiger partial charge on any atom is 0.378 e. The van der Waals surface area contributed by atoms with Crippen molar-refractivity contribution in [3.63, 3.8) is 0 Å². The molecule has 10 rings (SSSR count). The average molecular weight is 877 g/mol. The third-order valence-electron chi connectivity index (χ3n) is 12.5. The number of hydrogen-bond acceptors (Lipinski definition) is 8. The molecule has 3 aliphatic carbocycles. The van der Waals surface area contributed by atoms with Gasteiger partial charge in [-0.3, -0.25) is 24.0 Å². The smallest absolute Gasteiger partial charge is 0.378 e. The van der Waals surface area contributed by atoms with Crippen LogP contribution in [0.25, 0.3) is 0 Å². The number of aliphatic carboxylic acids is 1. The standard InChI is InChI=1S/C24H20F4N6O3.C18H14F2N2O4/c1-10-18(21(36)30-12-2-3-13(25)14(26)6-12)16-5-11-4-15(11)34(16)19(10)20(35)22(37)31-23(8-24(27,28)9-23)17-7-29-33-32-17;1-7-14(17(24)21-9-2-3-10(19)11(20)6-9)13-5-8-4-12(8)22(13)15(7)16(23)18(25)26/h2-3,6-7,11,15H,4-5,8-9H2,1H3,(H,30,36)(H,31,37)(H,29,32,33);2-3,6,8,12H,4-5H2,1H3,(H,21,24)(H,25,26)/t11-,15-;8-,12-/m11/s1. The summed E-state index contributed by atoms with van der Waals surface area (Å²) < 4.78 is 84.3. The van der Waals surface area contributed by atoms with E-state index in [1.165, 1.54) is 32.2 Å². The molecule has 0 spiro atoms. The van der Waals surface area contributed by atoms with Gasteiger partial charge in [0.25, 0.3) is 35.2 Å². The average Bonchev–Trinajstić information content (AvgIpc) is 3.78. The Balaban J connectivity index is 0.000000170. The number of Topliss-reactive ketones (excluding diaryl/α,β-unsaturated/α-hetero) is 2. The number of H-pyrrole nitrogens is 1. The summed E-state index contributed by atoms with van der Waals surface area (Å²) in [6.07, 6.45) is 2.48. The number of alkyl halides is 2. The van der Waals surface area contributed by atoms with Gasteiger partial charge in [0.1, 0.15) is 11.4 Å². The summed E-state index contributed by atoms with van der Waals surface area (Å²) in [5.41, 5.74) is 0.790. The lowest BCUT2D eigenvalue weighted by Crippen LogP contribution is -2.61. The van der Waals surface area contributed by atoms with E-state index < -0.39 is 82.8 Å².